The average Bonchev–Trinajstić information content (AvgIpc) is 2.48. The van der Waals surface area contributed by atoms with Crippen molar-refractivity contribution in [3.8, 4) is 0 Å². The highest BCUT2D eigenvalue weighted by molar-refractivity contribution is 9.10. The molecule has 0 spiro atoms. The molecule has 0 aliphatic carbocycles. The molecule has 1 heterocycles. The lowest BCUT2D eigenvalue weighted by Crippen LogP contribution is -1.90. The summed E-state index contributed by atoms with van der Waals surface area (Å²) in [5.74, 6) is 0. The Balaban J connectivity index is 2.75. The molecule has 1 N–H and O–H groups in total. The zero-order chi connectivity index (χ0) is 9.42. The van der Waals surface area contributed by atoms with Crippen LogP contribution in [0.5, 0.6) is 0 Å². The minimum absolute atomic E-state index is 0.497. The molecule has 68 valence electrons. The number of benzene rings is 1. The summed E-state index contributed by atoms with van der Waals surface area (Å²) in [5, 5.41) is 10.5. The summed E-state index contributed by atoms with van der Waals surface area (Å²) in [5.41, 5.74) is 0.765. The van der Waals surface area contributed by atoms with E-state index in [9.17, 15) is 5.11 Å². The summed E-state index contributed by atoms with van der Waals surface area (Å²) in [6.45, 7) is 1.73. The second-order valence-electron chi connectivity index (χ2n) is 2.86. The fourth-order valence-electron chi connectivity index (χ4n) is 1.25. The molecule has 1 aromatic heterocycles. The van der Waals surface area contributed by atoms with Crippen LogP contribution in [0, 0.1) is 0 Å². The van der Waals surface area contributed by atoms with Crippen LogP contribution in [0.3, 0.4) is 0 Å². The number of fused-ring (bicyclic) bond motifs is 1. The third kappa shape index (κ3) is 1.49. The Hall–Kier alpha value is -0.450. The van der Waals surface area contributed by atoms with Crippen molar-refractivity contribution in [2.75, 3.05) is 0 Å². The van der Waals surface area contributed by atoms with Gasteiger partial charge in [0, 0.05) is 9.86 Å². The molecule has 0 fully saturated rings. The Labute approximate surface area is 88.5 Å². The van der Waals surface area contributed by atoms with E-state index in [0.29, 0.717) is 0 Å². The molecule has 0 amide bonds. The Bertz CT molecular complexity index is 438. The topological polar surface area (TPSA) is 33.1 Å². The maximum absolute atomic E-state index is 9.43. The van der Waals surface area contributed by atoms with Gasteiger partial charge in [-0.1, -0.05) is 12.1 Å². The minimum Gasteiger partial charge on any atom is -0.387 e. The highest BCUT2D eigenvalue weighted by Gasteiger charge is 2.11. The molecule has 0 bridgehead atoms. The zero-order valence-corrected chi connectivity index (χ0v) is 9.39. The average molecular weight is 258 g/mol. The number of rotatable bonds is 1. The molecule has 0 aliphatic rings. The van der Waals surface area contributed by atoms with E-state index in [1.807, 2.05) is 18.2 Å². The molecule has 4 heteroatoms. The van der Waals surface area contributed by atoms with Crippen molar-refractivity contribution >= 4 is 37.5 Å². The first-order valence-electron chi connectivity index (χ1n) is 3.92. The van der Waals surface area contributed by atoms with Gasteiger partial charge in [-0.05, 0) is 40.5 Å². The van der Waals surface area contributed by atoms with E-state index in [1.54, 1.807) is 6.92 Å². The van der Waals surface area contributed by atoms with Crippen molar-refractivity contribution in [3.05, 3.63) is 28.4 Å². The number of hydrogen-bond acceptors (Lipinski definition) is 3. The Kier molecular flexibility index (Phi) is 2.36. The predicted molar refractivity (Wildman–Crippen MR) is 58.0 cm³/mol. The van der Waals surface area contributed by atoms with Gasteiger partial charge in [-0.15, -0.1) is 0 Å². The molecule has 0 aliphatic heterocycles. The number of aliphatic hydroxyl groups is 1. The quantitative estimate of drug-likeness (QED) is 0.852. The summed E-state index contributed by atoms with van der Waals surface area (Å²) in [7, 11) is 0. The van der Waals surface area contributed by atoms with Gasteiger partial charge in [0.15, 0.2) is 0 Å². The molecule has 2 aromatic rings. The van der Waals surface area contributed by atoms with Gasteiger partial charge in [-0.2, -0.15) is 4.37 Å². The van der Waals surface area contributed by atoms with E-state index in [0.717, 1.165) is 20.3 Å². The van der Waals surface area contributed by atoms with Gasteiger partial charge in [-0.3, -0.25) is 0 Å². The van der Waals surface area contributed by atoms with Crippen molar-refractivity contribution in [3.63, 3.8) is 0 Å². The van der Waals surface area contributed by atoms with E-state index >= 15 is 0 Å². The van der Waals surface area contributed by atoms with Gasteiger partial charge in [0.2, 0.25) is 0 Å². The SMILES string of the molecule is CC(O)c1nsc2c(Br)cccc12. The Morgan fingerprint density at radius 2 is 2.31 bits per heavy atom. The number of aliphatic hydroxyl groups excluding tert-OH is 1. The minimum atomic E-state index is -0.497. The third-order valence-corrected chi connectivity index (χ3v) is 3.71. The van der Waals surface area contributed by atoms with Gasteiger partial charge < -0.3 is 5.11 Å². The van der Waals surface area contributed by atoms with Crippen LogP contribution in [0.1, 0.15) is 18.7 Å². The molecule has 2 nitrogen and oxygen atoms in total. The first-order valence-corrected chi connectivity index (χ1v) is 5.48. The molecular formula is C9H8BrNOS. The van der Waals surface area contributed by atoms with Crippen molar-refractivity contribution in [2.24, 2.45) is 0 Å². The molecule has 13 heavy (non-hydrogen) atoms. The third-order valence-electron chi connectivity index (χ3n) is 1.87. The number of nitrogens with zero attached hydrogens (tertiary/aromatic N) is 1. The Morgan fingerprint density at radius 1 is 1.54 bits per heavy atom. The molecule has 1 aromatic carbocycles. The van der Waals surface area contributed by atoms with Crippen LogP contribution in [0.15, 0.2) is 22.7 Å². The van der Waals surface area contributed by atoms with Crippen LogP contribution in [0.2, 0.25) is 0 Å². The normalized spacial score (nSPS) is 13.5. The van der Waals surface area contributed by atoms with Crippen LogP contribution in [-0.4, -0.2) is 9.48 Å². The van der Waals surface area contributed by atoms with Gasteiger partial charge in [0.25, 0.3) is 0 Å². The molecular weight excluding hydrogens is 250 g/mol. The van der Waals surface area contributed by atoms with Crippen LogP contribution >= 0.6 is 27.5 Å². The van der Waals surface area contributed by atoms with E-state index in [4.69, 9.17) is 0 Å². The lowest BCUT2D eigenvalue weighted by Gasteiger charge is -1.99. The summed E-state index contributed by atoms with van der Waals surface area (Å²) < 4.78 is 6.35. The van der Waals surface area contributed by atoms with Crippen LogP contribution < -0.4 is 0 Å². The van der Waals surface area contributed by atoms with E-state index in [1.165, 1.54) is 11.5 Å². The molecule has 2 rings (SSSR count). The summed E-state index contributed by atoms with van der Waals surface area (Å²) in [6, 6.07) is 5.91. The van der Waals surface area contributed by atoms with Gasteiger partial charge in [0.1, 0.15) is 0 Å². The lowest BCUT2D eigenvalue weighted by molar-refractivity contribution is 0.197. The maximum atomic E-state index is 9.43. The fourth-order valence-corrected chi connectivity index (χ4v) is 2.70. The van der Waals surface area contributed by atoms with E-state index < -0.39 is 6.10 Å². The second kappa shape index (κ2) is 3.36. The lowest BCUT2D eigenvalue weighted by atomic mass is 10.2. The van der Waals surface area contributed by atoms with Crippen LogP contribution in [-0.2, 0) is 0 Å². The van der Waals surface area contributed by atoms with E-state index in [2.05, 4.69) is 20.3 Å². The molecule has 0 saturated heterocycles. The molecule has 1 atom stereocenters. The van der Waals surface area contributed by atoms with Crippen molar-refractivity contribution in [2.45, 2.75) is 13.0 Å². The number of aromatic nitrogens is 1. The van der Waals surface area contributed by atoms with Gasteiger partial charge in [0.05, 0.1) is 16.5 Å². The Morgan fingerprint density at radius 3 is 3.00 bits per heavy atom. The number of halogens is 1. The fraction of sp³-hybridized carbons (Fsp3) is 0.222. The monoisotopic (exact) mass is 257 g/mol. The van der Waals surface area contributed by atoms with Crippen LogP contribution in [0.4, 0.5) is 0 Å². The van der Waals surface area contributed by atoms with Crippen molar-refractivity contribution in [1.29, 1.82) is 0 Å². The predicted octanol–water partition coefficient (Wildman–Crippen LogP) is 3.11. The standard InChI is InChI=1S/C9H8BrNOS/c1-5(12)8-6-3-2-4-7(10)9(6)13-11-8/h2-5,12H,1H3. The summed E-state index contributed by atoms with van der Waals surface area (Å²) >= 11 is 4.86. The highest BCUT2D eigenvalue weighted by Crippen LogP contribution is 2.32. The summed E-state index contributed by atoms with van der Waals surface area (Å²) in [4.78, 5) is 0. The molecule has 0 radical (unpaired) electrons. The smallest absolute Gasteiger partial charge is 0.0948 e. The van der Waals surface area contributed by atoms with Crippen molar-refractivity contribution < 1.29 is 5.11 Å². The zero-order valence-electron chi connectivity index (χ0n) is 6.99. The van der Waals surface area contributed by atoms with Gasteiger partial charge in [-0.25, -0.2) is 0 Å². The summed E-state index contributed by atoms with van der Waals surface area (Å²) in [6.07, 6.45) is -0.497. The maximum Gasteiger partial charge on any atom is 0.0948 e. The second-order valence-corrected chi connectivity index (χ2v) is 4.49. The van der Waals surface area contributed by atoms with E-state index in [-0.39, 0.29) is 0 Å². The molecule has 1 unspecified atom stereocenters. The van der Waals surface area contributed by atoms with Gasteiger partial charge >= 0.3 is 0 Å². The molecule has 0 saturated carbocycles. The highest BCUT2D eigenvalue weighted by atomic mass is 79.9. The number of hydrogen-bond donors (Lipinski definition) is 1. The van der Waals surface area contributed by atoms with Crippen LogP contribution in [0.25, 0.3) is 10.1 Å². The first kappa shape index (κ1) is 9.12. The van der Waals surface area contributed by atoms with Crippen molar-refractivity contribution in [1.82, 2.24) is 4.37 Å². The largest absolute Gasteiger partial charge is 0.387 e. The first-order chi connectivity index (χ1) is 6.20.